The van der Waals surface area contributed by atoms with Crippen LogP contribution in [0.3, 0.4) is 0 Å². The number of para-hydroxylation sites is 2. The highest BCUT2D eigenvalue weighted by Gasteiger charge is 2.21. The van der Waals surface area contributed by atoms with Crippen LogP contribution >= 0.6 is 11.3 Å². The first-order chi connectivity index (χ1) is 27.3. The third-order valence-corrected chi connectivity index (χ3v) is 10.4. The second kappa shape index (κ2) is 11.6. The summed E-state index contributed by atoms with van der Waals surface area (Å²) in [4.78, 5) is 14.8. The Hall–Kier alpha value is -6.43. The molecular weight excluding hydrogens is 629 g/mol. The zero-order valence-electron chi connectivity index (χ0n) is 32.4. The van der Waals surface area contributed by atoms with E-state index in [1.807, 2.05) is 78.9 Å². The molecule has 0 saturated heterocycles. The van der Waals surface area contributed by atoms with Gasteiger partial charge in [0, 0.05) is 53.3 Å². The van der Waals surface area contributed by atoms with Crippen LogP contribution in [0, 0.1) is 0 Å². The van der Waals surface area contributed by atoms with Gasteiger partial charge in [-0.3, -0.25) is 0 Å². The summed E-state index contributed by atoms with van der Waals surface area (Å²) < 4.78 is 55.6. The van der Waals surface area contributed by atoms with Gasteiger partial charge in [0.05, 0.1) is 19.3 Å². The molecule has 0 saturated carbocycles. The van der Waals surface area contributed by atoms with E-state index >= 15 is 0 Å². The van der Waals surface area contributed by atoms with Crippen LogP contribution in [-0.2, 0) is 0 Å². The van der Waals surface area contributed by atoms with Crippen molar-refractivity contribution in [1.29, 1.82) is 0 Å². The lowest BCUT2D eigenvalue weighted by Gasteiger charge is -2.13. The van der Waals surface area contributed by atoms with Crippen molar-refractivity contribution in [3.63, 3.8) is 0 Å². The van der Waals surface area contributed by atoms with E-state index in [1.165, 1.54) is 0 Å². The third-order valence-electron chi connectivity index (χ3n) is 9.08. The monoisotopic (exact) mass is 662 g/mol. The second-order valence-corrected chi connectivity index (χ2v) is 13.0. The van der Waals surface area contributed by atoms with Gasteiger partial charge < -0.3 is 4.57 Å². The highest BCUT2D eigenvalue weighted by Crippen LogP contribution is 2.45. The first-order valence-electron chi connectivity index (χ1n) is 19.2. The molecule has 0 N–H and O–H groups in total. The lowest BCUT2D eigenvalue weighted by Crippen LogP contribution is -2.01. The Morgan fingerprint density at radius 1 is 0.440 bits per heavy atom. The fourth-order valence-electron chi connectivity index (χ4n) is 6.85. The van der Waals surface area contributed by atoms with Crippen LogP contribution < -0.4 is 0 Å². The van der Waals surface area contributed by atoms with Crippen molar-refractivity contribution in [2.24, 2.45) is 0 Å². The molecule has 0 bridgehead atoms. The minimum Gasteiger partial charge on any atom is -0.309 e. The fraction of sp³-hybridized carbons (Fsp3) is 0. The maximum atomic E-state index is 8.84. The molecule has 4 nitrogen and oxygen atoms in total. The standard InChI is InChI=1S/C45H28N4S/c1-4-15-29(16-5-1)33-23-14-24-36-37-27-32(49-39-25-12-10-21-34(39)35-22-11-13-26-40(35)49)28-38(42(37)50-41(33)36)45-47-43(30-17-6-2-7-18-30)46-44(48-45)31-19-8-3-9-20-31/h1-28H/i2D,6D,7D,12D,17D,18D. The van der Waals surface area contributed by atoms with Crippen molar-refractivity contribution < 1.29 is 8.22 Å². The molecule has 3 aromatic heterocycles. The van der Waals surface area contributed by atoms with Gasteiger partial charge in [0.15, 0.2) is 17.5 Å². The zero-order chi connectivity index (χ0) is 38.2. The number of rotatable bonds is 5. The SMILES string of the molecule is [2H]c1ccc2c3ccccc3n(-c3cc(-c4nc(-c5ccccc5)nc(-c5c([2H])c([2H])c([2H])c([2H])c5[2H])n4)c4sc5c(-c6ccccc6)cccc5c4c3)c2c1. The molecule has 0 aliphatic rings. The molecule has 7 aromatic carbocycles. The summed E-state index contributed by atoms with van der Waals surface area (Å²) in [5.74, 6) is 0.575. The van der Waals surface area contributed by atoms with E-state index in [9.17, 15) is 0 Å². The van der Waals surface area contributed by atoms with Gasteiger partial charge in [-0.25, -0.2) is 15.0 Å². The summed E-state index contributed by atoms with van der Waals surface area (Å²) in [7, 11) is 0. The fourth-order valence-corrected chi connectivity index (χ4v) is 8.18. The van der Waals surface area contributed by atoms with Crippen molar-refractivity contribution in [3.05, 3.63) is 170 Å². The zero-order valence-corrected chi connectivity index (χ0v) is 27.2. The molecule has 0 atom stereocenters. The van der Waals surface area contributed by atoms with Crippen molar-refractivity contribution in [1.82, 2.24) is 19.5 Å². The summed E-state index contributed by atoms with van der Waals surface area (Å²) in [6, 6.07) is 42.3. The van der Waals surface area contributed by atoms with Crippen molar-refractivity contribution in [3.8, 4) is 51.0 Å². The van der Waals surface area contributed by atoms with Gasteiger partial charge in [-0.1, -0.05) is 145 Å². The van der Waals surface area contributed by atoms with Gasteiger partial charge in [-0.05, 0) is 35.4 Å². The molecule has 50 heavy (non-hydrogen) atoms. The van der Waals surface area contributed by atoms with Crippen molar-refractivity contribution >= 4 is 53.3 Å². The lowest BCUT2D eigenvalue weighted by atomic mass is 10.0. The number of aromatic nitrogens is 4. The molecule has 3 heterocycles. The number of hydrogen-bond acceptors (Lipinski definition) is 4. The molecule has 0 aliphatic carbocycles. The minimum absolute atomic E-state index is 0.0220. The van der Waals surface area contributed by atoms with Crippen LogP contribution in [0.5, 0.6) is 0 Å². The van der Waals surface area contributed by atoms with Crippen molar-refractivity contribution in [2.45, 2.75) is 0 Å². The normalized spacial score (nSPS) is 13.3. The maximum Gasteiger partial charge on any atom is 0.165 e. The summed E-state index contributed by atoms with van der Waals surface area (Å²) in [5.41, 5.74) is 6.15. The number of benzene rings is 7. The molecule has 0 aliphatic heterocycles. The molecule has 10 aromatic rings. The van der Waals surface area contributed by atoms with E-state index in [0.717, 1.165) is 58.8 Å². The van der Waals surface area contributed by atoms with Crippen LogP contribution in [-0.4, -0.2) is 19.5 Å². The van der Waals surface area contributed by atoms with Gasteiger partial charge in [0.2, 0.25) is 0 Å². The summed E-state index contributed by atoms with van der Waals surface area (Å²) in [5, 5.41) is 4.12. The van der Waals surface area contributed by atoms with Gasteiger partial charge in [0.25, 0.3) is 0 Å². The van der Waals surface area contributed by atoms with Gasteiger partial charge in [-0.2, -0.15) is 0 Å². The van der Waals surface area contributed by atoms with Gasteiger partial charge >= 0.3 is 0 Å². The first kappa shape index (κ1) is 23.0. The smallest absolute Gasteiger partial charge is 0.165 e. The molecule has 0 amide bonds. The van der Waals surface area contributed by atoms with E-state index in [0.29, 0.717) is 28.8 Å². The van der Waals surface area contributed by atoms with Crippen LogP contribution in [0.2, 0.25) is 0 Å². The maximum absolute atomic E-state index is 8.84. The highest BCUT2D eigenvalue weighted by molar-refractivity contribution is 7.26. The van der Waals surface area contributed by atoms with Gasteiger partial charge in [0.1, 0.15) is 0 Å². The predicted octanol–water partition coefficient (Wildman–Crippen LogP) is 12.0. The molecule has 5 heteroatoms. The Morgan fingerprint density at radius 3 is 1.86 bits per heavy atom. The lowest BCUT2D eigenvalue weighted by molar-refractivity contribution is 1.07. The van der Waals surface area contributed by atoms with E-state index < -0.39 is 30.2 Å². The third kappa shape index (κ3) is 4.63. The predicted molar refractivity (Wildman–Crippen MR) is 209 cm³/mol. The Kier molecular flexibility index (Phi) is 5.35. The number of thiophene rings is 1. The van der Waals surface area contributed by atoms with E-state index in [-0.39, 0.29) is 11.4 Å². The summed E-state index contributed by atoms with van der Waals surface area (Å²) in [6.07, 6.45) is 0. The number of nitrogens with zero attached hydrogens (tertiary/aromatic N) is 4. The Bertz CT molecular complexity index is 3190. The van der Waals surface area contributed by atoms with E-state index in [4.69, 9.17) is 23.2 Å². The molecule has 0 unspecified atom stereocenters. The Labute approximate surface area is 301 Å². The molecule has 0 fully saturated rings. The average molecular weight is 663 g/mol. The minimum atomic E-state index is -0.489. The molecular formula is C45H28N4S. The highest BCUT2D eigenvalue weighted by atomic mass is 32.1. The molecule has 10 rings (SSSR count). The van der Waals surface area contributed by atoms with Crippen LogP contribution in [0.25, 0.3) is 93.0 Å². The van der Waals surface area contributed by atoms with Crippen LogP contribution in [0.4, 0.5) is 0 Å². The summed E-state index contributed by atoms with van der Waals surface area (Å²) >= 11 is 1.64. The molecule has 0 spiro atoms. The first-order valence-corrected chi connectivity index (χ1v) is 17.0. The van der Waals surface area contributed by atoms with Crippen LogP contribution in [0.15, 0.2) is 170 Å². The topological polar surface area (TPSA) is 43.6 Å². The van der Waals surface area contributed by atoms with E-state index in [2.05, 4.69) is 59.2 Å². The van der Waals surface area contributed by atoms with Crippen molar-refractivity contribution in [2.75, 3.05) is 0 Å². The number of fused-ring (bicyclic) bond motifs is 6. The quantitative estimate of drug-likeness (QED) is 0.184. The summed E-state index contributed by atoms with van der Waals surface area (Å²) in [6.45, 7) is 0. The molecule has 234 valence electrons. The Morgan fingerprint density at radius 2 is 1.06 bits per heavy atom. The van der Waals surface area contributed by atoms with Crippen LogP contribution in [0.1, 0.15) is 8.22 Å². The van der Waals surface area contributed by atoms with Gasteiger partial charge in [-0.15, -0.1) is 11.3 Å². The van der Waals surface area contributed by atoms with E-state index in [1.54, 1.807) is 11.3 Å². The average Bonchev–Trinajstić information content (AvgIpc) is 3.78. The molecule has 0 radical (unpaired) electrons. The second-order valence-electron chi connectivity index (χ2n) is 12.0. The number of hydrogen-bond donors (Lipinski definition) is 0. The largest absolute Gasteiger partial charge is 0.309 e. The Balaban J connectivity index is 1.35.